The van der Waals surface area contributed by atoms with Crippen LogP contribution in [0.5, 0.6) is 5.75 Å². The smallest absolute Gasteiger partial charge is 0.224 e. The van der Waals surface area contributed by atoms with E-state index in [-0.39, 0.29) is 5.91 Å². The summed E-state index contributed by atoms with van der Waals surface area (Å²) in [5, 5.41) is 3.59. The van der Waals surface area contributed by atoms with E-state index in [0.717, 1.165) is 26.5 Å². The molecular formula is C17H17BrClNO2. The Morgan fingerprint density at radius 2 is 2.05 bits per heavy atom. The van der Waals surface area contributed by atoms with E-state index in [9.17, 15) is 4.79 Å². The quantitative estimate of drug-likeness (QED) is 0.697. The van der Waals surface area contributed by atoms with Crippen molar-refractivity contribution in [3.8, 4) is 5.75 Å². The molecule has 2 rings (SSSR count). The molecule has 0 saturated heterocycles. The summed E-state index contributed by atoms with van der Waals surface area (Å²) in [4.78, 5) is 11.9. The van der Waals surface area contributed by atoms with Gasteiger partial charge in [-0.25, -0.2) is 0 Å². The molecule has 0 radical (unpaired) electrons. The molecule has 3 nitrogen and oxygen atoms in total. The molecule has 1 N–H and O–H groups in total. The van der Waals surface area contributed by atoms with Crippen LogP contribution in [-0.2, 0) is 4.79 Å². The molecule has 0 aliphatic heterocycles. The normalized spacial score (nSPS) is 10.3. The monoisotopic (exact) mass is 381 g/mol. The number of hydrogen-bond acceptors (Lipinski definition) is 2. The third-order valence-electron chi connectivity index (χ3n) is 3.09. The predicted octanol–water partition coefficient (Wildman–Crippen LogP) is 5.21. The lowest BCUT2D eigenvalue weighted by Crippen LogP contribution is -2.13. The summed E-state index contributed by atoms with van der Waals surface area (Å²) in [6.07, 6.45) is 1.06. The highest BCUT2D eigenvalue weighted by atomic mass is 79.9. The summed E-state index contributed by atoms with van der Waals surface area (Å²) in [7, 11) is 0. The molecule has 0 bridgehead atoms. The number of aryl methyl sites for hydroxylation is 1. The van der Waals surface area contributed by atoms with Crippen molar-refractivity contribution in [1.82, 2.24) is 0 Å². The Morgan fingerprint density at radius 3 is 2.77 bits per heavy atom. The highest BCUT2D eigenvalue weighted by Crippen LogP contribution is 2.22. The van der Waals surface area contributed by atoms with Gasteiger partial charge >= 0.3 is 0 Å². The van der Waals surface area contributed by atoms with Gasteiger partial charge in [0, 0.05) is 15.9 Å². The summed E-state index contributed by atoms with van der Waals surface area (Å²) in [6, 6.07) is 13.1. The summed E-state index contributed by atoms with van der Waals surface area (Å²) >= 11 is 9.36. The molecule has 0 unspecified atom stereocenters. The molecule has 0 spiro atoms. The zero-order valence-corrected chi connectivity index (χ0v) is 14.6. The SMILES string of the molecule is Cc1cc(OCCCC(=O)Nc2ccccc2Br)ccc1Cl. The van der Waals surface area contributed by atoms with Crippen molar-refractivity contribution >= 4 is 39.1 Å². The molecule has 116 valence electrons. The minimum Gasteiger partial charge on any atom is -0.494 e. The standard InChI is InChI=1S/C17H17BrClNO2/c1-12-11-13(8-9-15(12)19)22-10-4-7-17(21)20-16-6-3-2-5-14(16)18/h2-3,5-6,8-9,11H,4,7,10H2,1H3,(H,20,21). The molecule has 0 aliphatic rings. The number of nitrogens with one attached hydrogen (secondary N) is 1. The number of halogens is 2. The number of ether oxygens (including phenoxy) is 1. The first kappa shape index (κ1) is 16.8. The number of benzene rings is 2. The number of amides is 1. The Kier molecular flexibility index (Phi) is 6.28. The van der Waals surface area contributed by atoms with Gasteiger partial charge in [-0.15, -0.1) is 0 Å². The van der Waals surface area contributed by atoms with E-state index in [1.165, 1.54) is 0 Å². The van der Waals surface area contributed by atoms with Gasteiger partial charge in [0.2, 0.25) is 5.91 Å². The van der Waals surface area contributed by atoms with Gasteiger partial charge in [-0.3, -0.25) is 4.79 Å². The maximum absolute atomic E-state index is 11.9. The molecule has 0 atom stereocenters. The maximum Gasteiger partial charge on any atom is 0.224 e. The third kappa shape index (κ3) is 5.04. The van der Waals surface area contributed by atoms with Crippen molar-refractivity contribution in [1.29, 1.82) is 0 Å². The third-order valence-corrected chi connectivity index (χ3v) is 4.21. The molecular weight excluding hydrogens is 366 g/mol. The lowest BCUT2D eigenvalue weighted by Gasteiger charge is -2.09. The fourth-order valence-corrected chi connectivity index (χ4v) is 2.41. The number of anilines is 1. The maximum atomic E-state index is 11.9. The van der Waals surface area contributed by atoms with Crippen LogP contribution < -0.4 is 10.1 Å². The summed E-state index contributed by atoms with van der Waals surface area (Å²) in [5.74, 6) is 0.746. The van der Waals surface area contributed by atoms with Crippen LogP contribution in [0.25, 0.3) is 0 Å². The van der Waals surface area contributed by atoms with Crippen molar-refractivity contribution in [2.24, 2.45) is 0 Å². The molecule has 2 aromatic rings. The van der Waals surface area contributed by atoms with Gasteiger partial charge < -0.3 is 10.1 Å². The van der Waals surface area contributed by atoms with Gasteiger partial charge in [-0.1, -0.05) is 23.7 Å². The minimum absolute atomic E-state index is 0.0252. The van der Waals surface area contributed by atoms with Gasteiger partial charge in [0.15, 0.2) is 0 Å². The van der Waals surface area contributed by atoms with E-state index in [0.29, 0.717) is 19.4 Å². The van der Waals surface area contributed by atoms with Crippen molar-refractivity contribution in [3.63, 3.8) is 0 Å². The van der Waals surface area contributed by atoms with Crippen molar-refractivity contribution < 1.29 is 9.53 Å². The summed E-state index contributed by atoms with van der Waals surface area (Å²) in [6.45, 7) is 2.42. The van der Waals surface area contributed by atoms with Gasteiger partial charge in [0.1, 0.15) is 5.75 Å². The van der Waals surface area contributed by atoms with Gasteiger partial charge in [-0.05, 0) is 65.2 Å². The summed E-state index contributed by atoms with van der Waals surface area (Å²) in [5.41, 5.74) is 1.76. The molecule has 0 heterocycles. The second-order valence-electron chi connectivity index (χ2n) is 4.89. The van der Waals surface area contributed by atoms with Crippen LogP contribution in [0.2, 0.25) is 5.02 Å². The number of rotatable bonds is 6. The highest BCUT2D eigenvalue weighted by molar-refractivity contribution is 9.10. The lowest BCUT2D eigenvalue weighted by molar-refractivity contribution is -0.116. The van der Waals surface area contributed by atoms with Gasteiger partial charge in [0.25, 0.3) is 0 Å². The zero-order valence-electron chi connectivity index (χ0n) is 12.2. The molecule has 0 saturated carbocycles. The Morgan fingerprint density at radius 1 is 1.27 bits per heavy atom. The van der Waals surface area contributed by atoms with E-state index >= 15 is 0 Å². The van der Waals surface area contributed by atoms with Crippen molar-refractivity contribution in [2.75, 3.05) is 11.9 Å². The van der Waals surface area contributed by atoms with Crippen LogP contribution in [0.1, 0.15) is 18.4 Å². The molecule has 1 amide bonds. The van der Waals surface area contributed by atoms with Crippen LogP contribution in [0.3, 0.4) is 0 Å². The summed E-state index contributed by atoms with van der Waals surface area (Å²) < 4.78 is 6.49. The van der Waals surface area contributed by atoms with Crippen LogP contribution in [0.4, 0.5) is 5.69 Å². The Hall–Kier alpha value is -1.52. The van der Waals surface area contributed by atoms with Crippen LogP contribution in [0, 0.1) is 6.92 Å². The van der Waals surface area contributed by atoms with E-state index < -0.39 is 0 Å². The fourth-order valence-electron chi connectivity index (χ4n) is 1.90. The van der Waals surface area contributed by atoms with Crippen molar-refractivity contribution in [3.05, 3.63) is 57.5 Å². The van der Waals surface area contributed by atoms with Crippen LogP contribution in [0.15, 0.2) is 46.9 Å². The average molecular weight is 383 g/mol. The minimum atomic E-state index is -0.0252. The number of carbonyl (C=O) groups excluding carboxylic acids is 1. The largest absolute Gasteiger partial charge is 0.494 e. The van der Waals surface area contributed by atoms with Crippen LogP contribution >= 0.6 is 27.5 Å². The van der Waals surface area contributed by atoms with Crippen LogP contribution in [-0.4, -0.2) is 12.5 Å². The second-order valence-corrected chi connectivity index (χ2v) is 6.15. The first-order valence-corrected chi connectivity index (χ1v) is 8.16. The average Bonchev–Trinajstić information content (AvgIpc) is 2.49. The Bertz CT molecular complexity index is 661. The van der Waals surface area contributed by atoms with E-state index in [2.05, 4.69) is 21.2 Å². The van der Waals surface area contributed by atoms with Gasteiger partial charge in [0.05, 0.1) is 12.3 Å². The predicted molar refractivity (Wildman–Crippen MR) is 93.7 cm³/mol. The first-order valence-electron chi connectivity index (χ1n) is 6.99. The second kappa shape index (κ2) is 8.20. The number of para-hydroxylation sites is 1. The zero-order chi connectivity index (χ0) is 15.9. The van der Waals surface area contributed by atoms with E-state index in [1.54, 1.807) is 0 Å². The molecule has 0 fully saturated rings. The lowest BCUT2D eigenvalue weighted by atomic mass is 10.2. The number of carbonyl (C=O) groups is 1. The Labute approximate surface area is 143 Å². The molecule has 0 aliphatic carbocycles. The fraction of sp³-hybridized carbons (Fsp3) is 0.235. The Balaban J connectivity index is 1.73. The number of hydrogen-bond donors (Lipinski definition) is 1. The van der Waals surface area contributed by atoms with Crippen molar-refractivity contribution in [2.45, 2.75) is 19.8 Å². The van der Waals surface area contributed by atoms with E-state index in [1.807, 2.05) is 49.4 Å². The molecule has 5 heteroatoms. The molecule has 2 aromatic carbocycles. The van der Waals surface area contributed by atoms with E-state index in [4.69, 9.17) is 16.3 Å². The highest BCUT2D eigenvalue weighted by Gasteiger charge is 2.05. The molecule has 22 heavy (non-hydrogen) atoms. The first-order chi connectivity index (χ1) is 10.6. The topological polar surface area (TPSA) is 38.3 Å². The molecule has 0 aromatic heterocycles. The van der Waals surface area contributed by atoms with Gasteiger partial charge in [-0.2, -0.15) is 0 Å².